The number of ether oxygens (including phenoxy) is 1. The monoisotopic (exact) mass is 301 g/mol. The molecule has 0 aliphatic carbocycles. The predicted molar refractivity (Wildman–Crippen MR) is 78.9 cm³/mol. The van der Waals surface area contributed by atoms with E-state index < -0.39 is 0 Å². The van der Waals surface area contributed by atoms with Crippen LogP contribution < -0.4 is 21.1 Å². The molecule has 7 heteroatoms. The van der Waals surface area contributed by atoms with Crippen LogP contribution in [0.2, 0.25) is 0 Å². The van der Waals surface area contributed by atoms with Crippen molar-refractivity contribution >= 4 is 24.2 Å². The number of nitrogens with one attached hydrogen (secondary N) is 2. The van der Waals surface area contributed by atoms with Crippen LogP contribution in [0.5, 0.6) is 5.75 Å². The molecule has 6 nitrogen and oxygen atoms in total. The van der Waals surface area contributed by atoms with Gasteiger partial charge in [-0.3, -0.25) is 9.59 Å². The Labute approximate surface area is 124 Å². The maximum absolute atomic E-state index is 11.5. The third kappa shape index (κ3) is 5.90. The van der Waals surface area contributed by atoms with Gasteiger partial charge in [-0.2, -0.15) is 0 Å². The molecule has 1 aromatic carbocycles. The van der Waals surface area contributed by atoms with Crippen molar-refractivity contribution in [2.24, 2.45) is 5.73 Å². The van der Waals surface area contributed by atoms with Gasteiger partial charge in [0.2, 0.25) is 11.8 Å². The molecule has 1 aromatic rings. The lowest BCUT2D eigenvalue weighted by atomic mass is 10.1. The Kier molecular flexibility index (Phi) is 8.35. The average Bonchev–Trinajstić information content (AvgIpc) is 2.43. The molecular weight excluding hydrogens is 282 g/mol. The highest BCUT2D eigenvalue weighted by Gasteiger charge is 2.06. The van der Waals surface area contributed by atoms with E-state index in [-0.39, 0.29) is 37.3 Å². The first-order valence-corrected chi connectivity index (χ1v) is 5.93. The first kappa shape index (κ1) is 18.2. The van der Waals surface area contributed by atoms with Crippen molar-refractivity contribution in [1.82, 2.24) is 10.6 Å². The average molecular weight is 302 g/mol. The molecule has 20 heavy (non-hydrogen) atoms. The smallest absolute Gasteiger partial charge is 0.239 e. The van der Waals surface area contributed by atoms with Crippen LogP contribution in [0, 0.1) is 6.92 Å². The van der Waals surface area contributed by atoms with Crippen LogP contribution in [0.4, 0.5) is 0 Å². The van der Waals surface area contributed by atoms with Crippen molar-refractivity contribution in [3.8, 4) is 5.75 Å². The summed E-state index contributed by atoms with van der Waals surface area (Å²) in [4.78, 5) is 22.4. The lowest BCUT2D eigenvalue weighted by Crippen LogP contribution is -2.39. The molecule has 0 aromatic heterocycles. The number of carbonyl (C=O) groups excluding carboxylic acids is 2. The van der Waals surface area contributed by atoms with Crippen LogP contribution in [-0.2, 0) is 16.1 Å². The number of methoxy groups -OCH3 is 1. The standard InChI is InChI=1S/C13H19N3O3.ClH/c1-9-3-4-10(11(5-9)19-2)7-15-13(18)8-16-12(17)6-14;/h3-5H,6-8,14H2,1-2H3,(H,15,18)(H,16,17);1H. The molecular formula is C13H20ClN3O3. The number of nitrogens with two attached hydrogens (primary N) is 1. The molecule has 1 rings (SSSR count). The molecule has 0 saturated carbocycles. The minimum absolute atomic E-state index is 0. The van der Waals surface area contributed by atoms with Gasteiger partial charge in [-0.05, 0) is 18.6 Å². The Morgan fingerprint density at radius 3 is 2.55 bits per heavy atom. The molecule has 4 N–H and O–H groups in total. The number of amides is 2. The van der Waals surface area contributed by atoms with Gasteiger partial charge >= 0.3 is 0 Å². The molecule has 0 unspecified atom stereocenters. The van der Waals surface area contributed by atoms with Crippen molar-refractivity contribution in [1.29, 1.82) is 0 Å². The second-order valence-electron chi connectivity index (χ2n) is 4.07. The molecule has 0 bridgehead atoms. The van der Waals surface area contributed by atoms with Gasteiger partial charge in [0.1, 0.15) is 5.75 Å². The van der Waals surface area contributed by atoms with Crippen molar-refractivity contribution in [2.45, 2.75) is 13.5 Å². The maximum Gasteiger partial charge on any atom is 0.239 e. The minimum atomic E-state index is -0.358. The van der Waals surface area contributed by atoms with Crippen LogP contribution in [0.3, 0.4) is 0 Å². The molecule has 2 amide bonds. The molecule has 0 fully saturated rings. The summed E-state index contributed by atoms with van der Waals surface area (Å²) in [6, 6.07) is 5.74. The fraction of sp³-hybridized carbons (Fsp3) is 0.385. The topological polar surface area (TPSA) is 93.5 Å². The summed E-state index contributed by atoms with van der Waals surface area (Å²) >= 11 is 0. The Morgan fingerprint density at radius 2 is 1.95 bits per heavy atom. The fourth-order valence-corrected chi connectivity index (χ4v) is 1.51. The zero-order valence-electron chi connectivity index (χ0n) is 11.6. The summed E-state index contributed by atoms with van der Waals surface area (Å²) < 4.78 is 5.24. The molecule has 0 aliphatic rings. The van der Waals surface area contributed by atoms with Crippen molar-refractivity contribution < 1.29 is 14.3 Å². The molecule has 0 aliphatic heterocycles. The molecule has 0 heterocycles. The molecule has 0 radical (unpaired) electrons. The van der Waals surface area contributed by atoms with Gasteiger partial charge in [0, 0.05) is 12.1 Å². The molecule has 112 valence electrons. The molecule has 0 saturated heterocycles. The van der Waals surface area contributed by atoms with E-state index in [1.54, 1.807) is 7.11 Å². The van der Waals surface area contributed by atoms with E-state index in [1.165, 1.54) is 0 Å². The normalized spacial score (nSPS) is 9.35. The van der Waals surface area contributed by atoms with Crippen LogP contribution in [-0.4, -0.2) is 32.0 Å². The van der Waals surface area contributed by atoms with Crippen molar-refractivity contribution in [3.63, 3.8) is 0 Å². The van der Waals surface area contributed by atoms with E-state index >= 15 is 0 Å². The maximum atomic E-state index is 11.5. The number of benzene rings is 1. The SMILES string of the molecule is COc1cc(C)ccc1CNC(=O)CNC(=O)CN.Cl. The highest BCUT2D eigenvalue weighted by Crippen LogP contribution is 2.19. The van der Waals surface area contributed by atoms with Gasteiger partial charge in [0.25, 0.3) is 0 Å². The number of rotatable bonds is 6. The highest BCUT2D eigenvalue weighted by molar-refractivity contribution is 5.85. The van der Waals surface area contributed by atoms with E-state index in [1.807, 2.05) is 25.1 Å². The largest absolute Gasteiger partial charge is 0.496 e. The fourth-order valence-electron chi connectivity index (χ4n) is 1.51. The summed E-state index contributed by atoms with van der Waals surface area (Å²) in [6.45, 7) is 2.11. The van der Waals surface area contributed by atoms with Crippen LogP contribution >= 0.6 is 12.4 Å². The second-order valence-corrected chi connectivity index (χ2v) is 4.07. The van der Waals surface area contributed by atoms with Crippen LogP contribution in [0.1, 0.15) is 11.1 Å². The van der Waals surface area contributed by atoms with E-state index in [0.29, 0.717) is 6.54 Å². The van der Waals surface area contributed by atoms with E-state index in [2.05, 4.69) is 10.6 Å². The van der Waals surface area contributed by atoms with Crippen molar-refractivity contribution in [3.05, 3.63) is 29.3 Å². The van der Waals surface area contributed by atoms with Crippen molar-refractivity contribution in [2.75, 3.05) is 20.2 Å². The molecule has 0 atom stereocenters. The van der Waals surface area contributed by atoms with Gasteiger partial charge < -0.3 is 21.1 Å². The second kappa shape index (κ2) is 9.17. The summed E-state index contributed by atoms with van der Waals surface area (Å²) in [5, 5.41) is 5.10. The number of hydrogen-bond acceptors (Lipinski definition) is 4. The predicted octanol–water partition coefficient (Wildman–Crippen LogP) is 0.117. The zero-order valence-corrected chi connectivity index (χ0v) is 12.4. The lowest BCUT2D eigenvalue weighted by molar-refractivity contribution is -0.125. The van der Waals surface area contributed by atoms with Crippen LogP contribution in [0.15, 0.2) is 18.2 Å². The Hall–Kier alpha value is -1.79. The first-order valence-electron chi connectivity index (χ1n) is 5.93. The summed E-state index contributed by atoms with van der Waals surface area (Å²) in [5.74, 6) is 0.0961. The summed E-state index contributed by atoms with van der Waals surface area (Å²) in [7, 11) is 1.58. The van der Waals surface area contributed by atoms with E-state index in [9.17, 15) is 9.59 Å². The van der Waals surface area contributed by atoms with Gasteiger partial charge in [-0.25, -0.2) is 0 Å². The van der Waals surface area contributed by atoms with Crippen LogP contribution in [0.25, 0.3) is 0 Å². The number of halogens is 1. The summed E-state index contributed by atoms with van der Waals surface area (Å²) in [5.41, 5.74) is 7.08. The quantitative estimate of drug-likeness (QED) is 0.695. The van der Waals surface area contributed by atoms with Gasteiger partial charge in [0.05, 0.1) is 20.2 Å². The number of aryl methyl sites for hydroxylation is 1. The third-order valence-electron chi connectivity index (χ3n) is 2.55. The van der Waals surface area contributed by atoms with Gasteiger partial charge in [-0.15, -0.1) is 12.4 Å². The lowest BCUT2D eigenvalue weighted by Gasteiger charge is -2.11. The summed E-state index contributed by atoms with van der Waals surface area (Å²) in [6.07, 6.45) is 0. The van der Waals surface area contributed by atoms with E-state index in [0.717, 1.165) is 16.9 Å². The first-order chi connectivity index (χ1) is 9.06. The highest BCUT2D eigenvalue weighted by atomic mass is 35.5. The van der Waals surface area contributed by atoms with Gasteiger partial charge in [0.15, 0.2) is 0 Å². The number of carbonyl (C=O) groups is 2. The molecule has 0 spiro atoms. The third-order valence-corrected chi connectivity index (χ3v) is 2.55. The van der Waals surface area contributed by atoms with Gasteiger partial charge in [-0.1, -0.05) is 12.1 Å². The number of hydrogen-bond donors (Lipinski definition) is 3. The minimum Gasteiger partial charge on any atom is -0.496 e. The zero-order chi connectivity index (χ0) is 14.3. The van der Waals surface area contributed by atoms with E-state index in [4.69, 9.17) is 10.5 Å². The Bertz CT molecular complexity index is 466. The Morgan fingerprint density at radius 1 is 1.25 bits per heavy atom. The Balaban J connectivity index is 0.00000361.